The number of rotatable bonds is 3. The lowest BCUT2D eigenvalue weighted by Crippen LogP contribution is -2.30. The van der Waals surface area contributed by atoms with Gasteiger partial charge >= 0.3 is 0 Å². The Kier molecular flexibility index (Phi) is 4.79. The van der Waals surface area contributed by atoms with Crippen molar-refractivity contribution in [1.82, 2.24) is 5.32 Å². The summed E-state index contributed by atoms with van der Waals surface area (Å²) in [6, 6.07) is 1.56. The Bertz CT molecular complexity index is 269. The summed E-state index contributed by atoms with van der Waals surface area (Å²) in [5, 5.41) is 13.8. The second-order valence-corrected chi connectivity index (χ2v) is 1.62. The molecular weight excluding hydrogens is 158 g/mol. The molecule has 0 atom stereocenters. The van der Waals surface area contributed by atoms with E-state index in [0.29, 0.717) is 0 Å². The van der Waals surface area contributed by atoms with Crippen LogP contribution in [-0.2, 0) is 9.63 Å². The summed E-state index contributed by atoms with van der Waals surface area (Å²) in [6.07, 6.45) is 4.87. The zero-order valence-corrected chi connectivity index (χ0v) is 6.50. The van der Waals surface area contributed by atoms with Crippen molar-refractivity contribution in [3.05, 3.63) is 0 Å². The second-order valence-electron chi connectivity index (χ2n) is 1.62. The van der Waals surface area contributed by atoms with Gasteiger partial charge in [-0.1, -0.05) is 11.1 Å². The molecule has 12 heavy (non-hydrogen) atoms. The van der Waals surface area contributed by atoms with Gasteiger partial charge in [-0.2, -0.15) is 5.26 Å². The van der Waals surface area contributed by atoms with E-state index in [4.69, 9.17) is 11.7 Å². The second kappa shape index (κ2) is 5.75. The molecule has 0 spiro atoms. The van der Waals surface area contributed by atoms with Crippen LogP contribution in [0.25, 0.3) is 0 Å². The minimum Gasteiger partial charge on any atom is -0.398 e. The molecule has 0 aromatic carbocycles. The van der Waals surface area contributed by atoms with Gasteiger partial charge in [-0.05, 0) is 0 Å². The van der Waals surface area contributed by atoms with Gasteiger partial charge in [0.1, 0.15) is 13.2 Å². The molecule has 0 fully saturated rings. The highest BCUT2D eigenvalue weighted by Crippen LogP contribution is 1.78. The maximum Gasteiger partial charge on any atom is 0.285 e. The summed E-state index contributed by atoms with van der Waals surface area (Å²) in [7, 11) is 1.24. The quantitative estimate of drug-likeness (QED) is 0.340. The lowest BCUT2D eigenvalue weighted by atomic mass is 10.4. The number of nitrogens with one attached hydrogen (secondary N) is 1. The molecule has 1 amide bonds. The molecule has 0 heterocycles. The average molecular weight is 165 g/mol. The molecule has 0 aromatic rings. The molecule has 0 aliphatic rings. The van der Waals surface area contributed by atoms with Crippen molar-refractivity contribution in [2.45, 2.75) is 0 Å². The first kappa shape index (κ1) is 9.99. The van der Waals surface area contributed by atoms with Crippen LogP contribution in [0.1, 0.15) is 0 Å². The number of amides is 1. The van der Waals surface area contributed by atoms with E-state index in [1.807, 2.05) is 0 Å². The van der Waals surface area contributed by atoms with Crippen molar-refractivity contribution < 1.29 is 9.63 Å². The van der Waals surface area contributed by atoms with E-state index in [2.05, 4.69) is 21.2 Å². The van der Waals surface area contributed by atoms with E-state index in [1.165, 1.54) is 7.11 Å². The highest BCUT2D eigenvalue weighted by atomic mass is 16.6. The van der Waals surface area contributed by atoms with Crippen molar-refractivity contribution in [3.63, 3.8) is 0 Å². The Morgan fingerprint density at radius 2 is 2.50 bits per heavy atom. The third-order valence-corrected chi connectivity index (χ3v) is 0.855. The molecular formula is C7H7N3O2. The topological polar surface area (TPSA) is 74.5 Å². The predicted octanol–water partition coefficient (Wildman–Crippen LogP) is -0.738. The number of terminal acetylenes is 1. The number of oxime groups is 1. The van der Waals surface area contributed by atoms with Crippen molar-refractivity contribution in [2.24, 2.45) is 5.16 Å². The van der Waals surface area contributed by atoms with E-state index in [0.717, 1.165) is 0 Å². The lowest BCUT2D eigenvalue weighted by Gasteiger charge is -1.96. The maximum absolute atomic E-state index is 10.9. The zero-order chi connectivity index (χ0) is 9.40. The number of carbonyl (C=O) groups excluding carboxylic acids is 1. The molecule has 0 aliphatic carbocycles. The Morgan fingerprint density at radius 3 is 2.92 bits per heavy atom. The van der Waals surface area contributed by atoms with Gasteiger partial charge in [-0.25, -0.2) is 0 Å². The molecule has 0 bridgehead atoms. The van der Waals surface area contributed by atoms with Crippen LogP contribution in [0.2, 0.25) is 0 Å². The number of nitriles is 1. The van der Waals surface area contributed by atoms with Crippen LogP contribution < -0.4 is 5.32 Å². The van der Waals surface area contributed by atoms with Gasteiger partial charge in [-0.3, -0.25) is 4.79 Å². The Hall–Kier alpha value is -2.01. The molecule has 0 aromatic heterocycles. The van der Waals surface area contributed by atoms with Gasteiger partial charge in [-0.15, -0.1) is 6.42 Å². The molecule has 0 saturated heterocycles. The normalized spacial score (nSPS) is 9.42. The van der Waals surface area contributed by atoms with Gasteiger partial charge < -0.3 is 10.2 Å². The van der Waals surface area contributed by atoms with E-state index in [9.17, 15) is 4.79 Å². The summed E-state index contributed by atoms with van der Waals surface area (Å²) < 4.78 is 0. The van der Waals surface area contributed by atoms with Crippen molar-refractivity contribution >= 4 is 11.6 Å². The van der Waals surface area contributed by atoms with Crippen molar-refractivity contribution in [1.29, 1.82) is 5.26 Å². The van der Waals surface area contributed by atoms with Crippen LogP contribution >= 0.6 is 0 Å². The van der Waals surface area contributed by atoms with E-state index < -0.39 is 5.91 Å². The number of nitrogens with zero attached hydrogens (tertiary/aromatic N) is 2. The highest BCUT2D eigenvalue weighted by Gasteiger charge is 2.09. The molecule has 5 heteroatoms. The summed E-state index contributed by atoms with van der Waals surface area (Å²) >= 11 is 0. The first-order chi connectivity index (χ1) is 5.76. The van der Waals surface area contributed by atoms with Crippen molar-refractivity contribution in [2.75, 3.05) is 13.7 Å². The molecule has 0 rings (SSSR count). The van der Waals surface area contributed by atoms with Gasteiger partial charge in [0.25, 0.3) is 5.91 Å². The predicted molar refractivity (Wildman–Crippen MR) is 41.9 cm³/mol. The van der Waals surface area contributed by atoms with Crippen LogP contribution in [0.3, 0.4) is 0 Å². The number of hydrogen-bond acceptors (Lipinski definition) is 4. The van der Waals surface area contributed by atoms with E-state index in [-0.39, 0.29) is 12.3 Å². The Morgan fingerprint density at radius 1 is 1.83 bits per heavy atom. The number of hydrogen-bond donors (Lipinski definition) is 1. The number of carbonyl (C=O) groups is 1. The monoisotopic (exact) mass is 165 g/mol. The molecule has 0 unspecified atom stereocenters. The fourth-order valence-electron chi connectivity index (χ4n) is 0.419. The van der Waals surface area contributed by atoms with Crippen LogP contribution in [0, 0.1) is 23.7 Å². The molecule has 0 radical (unpaired) electrons. The third kappa shape index (κ3) is 3.23. The largest absolute Gasteiger partial charge is 0.398 e. The fraction of sp³-hybridized carbons (Fsp3) is 0.286. The fourth-order valence-corrected chi connectivity index (χ4v) is 0.419. The highest BCUT2D eigenvalue weighted by molar-refractivity contribution is 6.45. The van der Waals surface area contributed by atoms with Gasteiger partial charge in [0.05, 0.1) is 6.54 Å². The van der Waals surface area contributed by atoms with Crippen molar-refractivity contribution in [3.8, 4) is 18.4 Å². The average Bonchev–Trinajstić information content (AvgIpc) is 2.10. The minimum atomic E-state index is -0.641. The maximum atomic E-state index is 10.9. The summed E-state index contributed by atoms with van der Waals surface area (Å²) in [5.74, 6) is 1.54. The van der Waals surface area contributed by atoms with E-state index >= 15 is 0 Å². The Balaban J connectivity index is 4.18. The standard InChI is InChI=1S/C7H7N3O2/c1-3-4-9-7(11)6(5-8)10-12-2/h1H,4H2,2H3,(H,9,11)/b10-6-. The van der Waals surface area contributed by atoms with Gasteiger partial charge in [0.15, 0.2) is 0 Å². The zero-order valence-electron chi connectivity index (χ0n) is 6.50. The molecule has 5 nitrogen and oxygen atoms in total. The SMILES string of the molecule is C#CCNC(=O)/C(C#N)=N\OC. The van der Waals surface area contributed by atoms with E-state index in [1.54, 1.807) is 6.07 Å². The summed E-state index contributed by atoms with van der Waals surface area (Å²) in [6.45, 7) is 0.0588. The van der Waals surface area contributed by atoms with Crippen LogP contribution in [0.4, 0.5) is 0 Å². The molecule has 1 N–H and O–H groups in total. The van der Waals surface area contributed by atoms with Crippen LogP contribution in [0.5, 0.6) is 0 Å². The van der Waals surface area contributed by atoms with Gasteiger partial charge in [0, 0.05) is 0 Å². The lowest BCUT2D eigenvalue weighted by molar-refractivity contribution is -0.114. The molecule has 62 valence electrons. The Labute approximate surface area is 70.0 Å². The summed E-state index contributed by atoms with van der Waals surface area (Å²) in [4.78, 5) is 15.1. The van der Waals surface area contributed by atoms with Crippen LogP contribution in [-0.4, -0.2) is 25.3 Å². The molecule has 0 saturated carbocycles. The van der Waals surface area contributed by atoms with Gasteiger partial charge in [0.2, 0.25) is 5.71 Å². The first-order valence-electron chi connectivity index (χ1n) is 2.99. The third-order valence-electron chi connectivity index (χ3n) is 0.855. The van der Waals surface area contributed by atoms with Crippen LogP contribution in [0.15, 0.2) is 5.16 Å². The minimum absolute atomic E-state index is 0.0588. The smallest absolute Gasteiger partial charge is 0.285 e. The first-order valence-corrected chi connectivity index (χ1v) is 2.99. The molecule has 0 aliphatic heterocycles. The summed E-state index contributed by atoms with van der Waals surface area (Å²) in [5.41, 5.74) is -0.354.